The van der Waals surface area contributed by atoms with Crippen molar-refractivity contribution < 1.29 is 9.13 Å². The lowest BCUT2D eigenvalue weighted by molar-refractivity contribution is -0.104. The van der Waals surface area contributed by atoms with E-state index in [9.17, 15) is 4.39 Å². The molecule has 56 valence electrons. The van der Waals surface area contributed by atoms with Gasteiger partial charge in [0.1, 0.15) is 6.67 Å². The molecule has 1 saturated carbocycles. The molecule has 1 aliphatic carbocycles. The third kappa shape index (κ3) is 0.994. The molecule has 0 aliphatic heterocycles. The quantitative estimate of drug-likeness (QED) is 0.583. The molecule has 0 aromatic rings. The topological polar surface area (TPSA) is 33.0 Å². The average Bonchev–Trinajstić information content (AvgIpc) is 1.89. The van der Waals surface area contributed by atoms with Crippen molar-refractivity contribution in [2.45, 2.75) is 18.4 Å². The Morgan fingerprint density at radius 3 is 2.70 bits per heavy atom. The Morgan fingerprint density at radius 1 is 1.80 bits per heavy atom. The van der Waals surface area contributed by atoms with Gasteiger partial charge in [0.15, 0.2) is 0 Å². The molecule has 0 radical (unpaired) electrons. The van der Waals surface area contributed by atoms with Crippen LogP contribution in [-0.4, -0.2) is 19.4 Å². The van der Waals surface area contributed by atoms with Crippen molar-refractivity contribution in [2.75, 3.05) is 13.8 Å². The Bertz CT molecular complexity index is 151. The van der Waals surface area contributed by atoms with E-state index in [2.05, 4.69) is 6.07 Å². The number of nitrogens with zero attached hydrogens (tertiary/aromatic N) is 1. The maximum atomic E-state index is 12.2. The molecule has 0 N–H and O–H groups in total. The van der Waals surface area contributed by atoms with Gasteiger partial charge >= 0.3 is 0 Å². The number of hydrogen-bond donors (Lipinski definition) is 0. The molecule has 0 aromatic carbocycles. The van der Waals surface area contributed by atoms with Crippen molar-refractivity contribution in [1.82, 2.24) is 0 Å². The van der Waals surface area contributed by atoms with Crippen LogP contribution in [0.5, 0.6) is 0 Å². The maximum Gasteiger partial charge on any atom is 0.118 e. The van der Waals surface area contributed by atoms with Gasteiger partial charge in [0.25, 0.3) is 0 Å². The molecule has 1 aliphatic rings. The van der Waals surface area contributed by atoms with Crippen LogP contribution in [0.3, 0.4) is 0 Å². The number of methoxy groups -OCH3 is 1. The van der Waals surface area contributed by atoms with Gasteiger partial charge in [0.05, 0.1) is 17.6 Å². The predicted octanol–water partition coefficient (Wildman–Crippen LogP) is 1.27. The highest BCUT2D eigenvalue weighted by Gasteiger charge is 2.44. The van der Waals surface area contributed by atoms with Gasteiger partial charge in [-0.2, -0.15) is 5.26 Å². The second-order valence-electron chi connectivity index (χ2n) is 2.76. The van der Waals surface area contributed by atoms with Crippen molar-refractivity contribution in [2.24, 2.45) is 5.92 Å². The minimum absolute atomic E-state index is 0.00991. The van der Waals surface area contributed by atoms with Gasteiger partial charge in [0.2, 0.25) is 0 Å². The fourth-order valence-electron chi connectivity index (χ4n) is 1.26. The van der Waals surface area contributed by atoms with E-state index in [-0.39, 0.29) is 5.92 Å². The van der Waals surface area contributed by atoms with Crippen molar-refractivity contribution in [3.63, 3.8) is 0 Å². The summed E-state index contributed by atoms with van der Waals surface area (Å²) in [7, 11) is 1.49. The zero-order valence-electron chi connectivity index (χ0n) is 5.93. The van der Waals surface area contributed by atoms with Crippen LogP contribution in [0, 0.1) is 17.2 Å². The van der Waals surface area contributed by atoms with Crippen molar-refractivity contribution >= 4 is 0 Å². The number of alkyl halides is 1. The van der Waals surface area contributed by atoms with Gasteiger partial charge < -0.3 is 4.74 Å². The summed E-state index contributed by atoms with van der Waals surface area (Å²) in [6, 6.07) is 2.08. The average molecular weight is 143 g/mol. The predicted molar refractivity (Wildman–Crippen MR) is 34.1 cm³/mol. The second-order valence-corrected chi connectivity index (χ2v) is 2.76. The highest BCUT2D eigenvalue weighted by atomic mass is 19.1. The van der Waals surface area contributed by atoms with Crippen LogP contribution in [-0.2, 0) is 4.74 Å². The van der Waals surface area contributed by atoms with Crippen LogP contribution in [0.15, 0.2) is 0 Å². The summed E-state index contributed by atoms with van der Waals surface area (Å²) < 4.78 is 17.1. The summed E-state index contributed by atoms with van der Waals surface area (Å²) in [5.41, 5.74) is -0.611. The van der Waals surface area contributed by atoms with Crippen LogP contribution in [0.1, 0.15) is 12.8 Å². The standard InChI is InChI=1S/C7H10FNO/c1-10-7(5-8)2-6(3-7)4-9/h6H,2-3,5H2,1H3. The molecule has 0 amide bonds. The van der Waals surface area contributed by atoms with E-state index in [0.29, 0.717) is 12.8 Å². The molecule has 0 aromatic heterocycles. The van der Waals surface area contributed by atoms with Crippen molar-refractivity contribution in [3.05, 3.63) is 0 Å². The molecule has 0 heterocycles. The smallest absolute Gasteiger partial charge is 0.118 e. The van der Waals surface area contributed by atoms with Gasteiger partial charge in [-0.15, -0.1) is 0 Å². The summed E-state index contributed by atoms with van der Waals surface area (Å²) in [5.74, 6) is 0.00991. The van der Waals surface area contributed by atoms with Gasteiger partial charge in [0, 0.05) is 7.11 Å². The zero-order valence-corrected chi connectivity index (χ0v) is 5.93. The minimum atomic E-state index is -0.611. The first-order valence-corrected chi connectivity index (χ1v) is 3.27. The first-order valence-electron chi connectivity index (χ1n) is 3.27. The lowest BCUT2D eigenvalue weighted by Gasteiger charge is -2.41. The molecule has 0 bridgehead atoms. The molecule has 3 heteroatoms. The number of halogens is 1. The SMILES string of the molecule is COC1(CF)CC(C#N)C1. The largest absolute Gasteiger partial charge is 0.375 e. The third-order valence-corrected chi connectivity index (χ3v) is 2.10. The van der Waals surface area contributed by atoms with Gasteiger partial charge in [-0.1, -0.05) is 0 Å². The number of rotatable bonds is 2. The van der Waals surface area contributed by atoms with E-state index in [1.165, 1.54) is 7.11 Å². The van der Waals surface area contributed by atoms with Crippen LogP contribution in [0.25, 0.3) is 0 Å². The molecule has 0 spiro atoms. The summed E-state index contributed by atoms with van der Waals surface area (Å²) in [6.07, 6.45) is 1.10. The lowest BCUT2D eigenvalue weighted by atomic mass is 9.72. The highest BCUT2D eigenvalue weighted by Crippen LogP contribution is 2.40. The third-order valence-electron chi connectivity index (χ3n) is 2.10. The van der Waals surface area contributed by atoms with Crippen molar-refractivity contribution in [3.8, 4) is 6.07 Å². The van der Waals surface area contributed by atoms with E-state index in [1.54, 1.807) is 0 Å². The molecule has 0 atom stereocenters. The van der Waals surface area contributed by atoms with E-state index in [4.69, 9.17) is 10.00 Å². The normalized spacial score (nSPS) is 38.3. The minimum Gasteiger partial charge on any atom is -0.375 e. The molecular weight excluding hydrogens is 133 g/mol. The van der Waals surface area contributed by atoms with E-state index >= 15 is 0 Å². The summed E-state index contributed by atoms with van der Waals surface area (Å²) >= 11 is 0. The van der Waals surface area contributed by atoms with Crippen LogP contribution in [0.2, 0.25) is 0 Å². The number of nitriles is 1. The summed E-state index contributed by atoms with van der Waals surface area (Å²) in [4.78, 5) is 0. The second kappa shape index (κ2) is 2.55. The Morgan fingerprint density at radius 2 is 2.40 bits per heavy atom. The van der Waals surface area contributed by atoms with E-state index in [0.717, 1.165) is 0 Å². The maximum absolute atomic E-state index is 12.2. The molecule has 1 fully saturated rings. The first-order chi connectivity index (χ1) is 4.76. The van der Waals surface area contributed by atoms with Crippen LogP contribution >= 0.6 is 0 Å². The molecule has 10 heavy (non-hydrogen) atoms. The first kappa shape index (κ1) is 7.49. The lowest BCUT2D eigenvalue weighted by Crippen LogP contribution is -2.46. The summed E-state index contributed by atoms with van der Waals surface area (Å²) in [6.45, 7) is -0.471. The Balaban J connectivity index is 2.40. The molecule has 0 saturated heterocycles. The molecule has 1 rings (SSSR count). The monoisotopic (exact) mass is 143 g/mol. The highest BCUT2D eigenvalue weighted by molar-refractivity contribution is 5.04. The Hall–Kier alpha value is -0.620. The van der Waals surface area contributed by atoms with Gasteiger partial charge in [-0.05, 0) is 12.8 Å². The zero-order chi connectivity index (χ0) is 7.61. The Labute approximate surface area is 59.6 Å². The Kier molecular flexibility index (Phi) is 1.91. The van der Waals surface area contributed by atoms with Crippen LogP contribution < -0.4 is 0 Å². The van der Waals surface area contributed by atoms with Crippen molar-refractivity contribution in [1.29, 1.82) is 5.26 Å². The molecule has 2 nitrogen and oxygen atoms in total. The number of ether oxygens (including phenoxy) is 1. The van der Waals surface area contributed by atoms with Crippen LogP contribution in [0.4, 0.5) is 4.39 Å². The number of hydrogen-bond acceptors (Lipinski definition) is 2. The molecular formula is C7H10FNO. The van der Waals surface area contributed by atoms with Gasteiger partial charge in [-0.25, -0.2) is 4.39 Å². The fraction of sp³-hybridized carbons (Fsp3) is 0.857. The van der Waals surface area contributed by atoms with Gasteiger partial charge in [-0.3, -0.25) is 0 Å². The molecule has 0 unspecified atom stereocenters. The summed E-state index contributed by atoms with van der Waals surface area (Å²) in [5, 5.41) is 8.38. The van der Waals surface area contributed by atoms with E-state index in [1.807, 2.05) is 0 Å². The fourth-order valence-corrected chi connectivity index (χ4v) is 1.26. The van der Waals surface area contributed by atoms with E-state index < -0.39 is 12.3 Å².